The van der Waals surface area contributed by atoms with Gasteiger partial charge in [-0.25, -0.2) is 19.6 Å². The van der Waals surface area contributed by atoms with E-state index < -0.39 is 24.3 Å². The van der Waals surface area contributed by atoms with Crippen molar-refractivity contribution in [3.05, 3.63) is 59.2 Å². The first-order valence-corrected chi connectivity index (χ1v) is 22.2. The average molecular weight is 823 g/mol. The predicted octanol–water partition coefficient (Wildman–Crippen LogP) is 8.00. The summed E-state index contributed by atoms with van der Waals surface area (Å²) in [5.41, 5.74) is 6.52. The number of hydrogen-bond acceptors (Lipinski definition) is 8. The zero-order chi connectivity index (χ0) is 42.2. The van der Waals surface area contributed by atoms with Crippen molar-refractivity contribution < 1.29 is 28.7 Å². The Hall–Kier alpha value is -5.14. The maximum atomic E-state index is 13.8. The number of methoxy groups -OCH3 is 2. The van der Waals surface area contributed by atoms with Gasteiger partial charge in [0.1, 0.15) is 23.7 Å². The number of hydrogen-bond donors (Lipinski definition) is 4. The van der Waals surface area contributed by atoms with Crippen molar-refractivity contribution in [3.63, 3.8) is 0 Å². The van der Waals surface area contributed by atoms with Gasteiger partial charge >= 0.3 is 12.2 Å². The highest BCUT2D eigenvalue weighted by Crippen LogP contribution is 2.54. The first-order chi connectivity index (χ1) is 28.9. The molecule has 4 heterocycles. The smallest absolute Gasteiger partial charge is 0.407 e. The molecule has 14 heteroatoms. The number of benzene rings is 2. The zero-order valence-electron chi connectivity index (χ0n) is 36.0. The SMILES string of the molecule is COC(=O)N[C@H](C(=O)N1CCC[C@H]1c1nc2cc(C3CCCC3C3CCCC3c3ccc4[nH]c([C@@H]5CCCN5C(=O)[C@@H](NC(=O)OC)C(C)C)nc4c3)ccc2[nH]1)C(C)C. The number of nitrogens with zero attached hydrogens (tertiary/aromatic N) is 4. The van der Waals surface area contributed by atoms with E-state index in [-0.39, 0.29) is 35.7 Å². The van der Waals surface area contributed by atoms with Crippen LogP contribution in [0.1, 0.15) is 139 Å². The molecule has 2 saturated heterocycles. The second-order valence-electron chi connectivity index (χ2n) is 18.3. The van der Waals surface area contributed by atoms with Gasteiger partial charge in [-0.2, -0.15) is 0 Å². The molecule has 4 amide bonds. The Labute approximate surface area is 352 Å². The van der Waals surface area contributed by atoms with Crippen LogP contribution in [0, 0.1) is 23.7 Å². The first-order valence-electron chi connectivity index (χ1n) is 22.2. The summed E-state index contributed by atoms with van der Waals surface area (Å²) < 4.78 is 9.63. The first kappa shape index (κ1) is 41.6. The topological polar surface area (TPSA) is 175 Å². The molecule has 60 heavy (non-hydrogen) atoms. The van der Waals surface area contributed by atoms with E-state index >= 15 is 0 Å². The Bertz CT molecular complexity index is 2060. The van der Waals surface area contributed by atoms with Crippen LogP contribution in [0.2, 0.25) is 0 Å². The third kappa shape index (κ3) is 8.05. The van der Waals surface area contributed by atoms with Crippen LogP contribution in [0.15, 0.2) is 36.4 Å². The van der Waals surface area contributed by atoms with E-state index in [2.05, 4.69) is 57.0 Å². The van der Waals surface area contributed by atoms with Crippen LogP contribution >= 0.6 is 0 Å². The van der Waals surface area contributed by atoms with Gasteiger partial charge in [-0.1, -0.05) is 52.7 Å². The molecule has 2 aromatic heterocycles. The summed E-state index contributed by atoms with van der Waals surface area (Å²) in [6, 6.07) is 11.8. The Kier molecular flexibility index (Phi) is 12.1. The molecule has 4 unspecified atom stereocenters. The van der Waals surface area contributed by atoms with Crippen molar-refractivity contribution in [2.75, 3.05) is 27.3 Å². The Morgan fingerprint density at radius 3 is 1.42 bits per heavy atom. The number of likely N-dealkylation sites (tertiary alicyclic amines) is 2. The lowest BCUT2D eigenvalue weighted by Gasteiger charge is -2.31. The number of imidazole rings is 2. The van der Waals surface area contributed by atoms with Gasteiger partial charge in [0.25, 0.3) is 0 Å². The summed E-state index contributed by atoms with van der Waals surface area (Å²) in [4.78, 5) is 72.8. The number of H-pyrrole nitrogens is 2. The van der Waals surface area contributed by atoms with Crippen LogP contribution in [-0.2, 0) is 19.1 Å². The van der Waals surface area contributed by atoms with Crippen molar-refractivity contribution in [1.29, 1.82) is 0 Å². The van der Waals surface area contributed by atoms with Crippen molar-refractivity contribution in [2.45, 2.75) is 128 Å². The quantitative estimate of drug-likeness (QED) is 0.118. The summed E-state index contributed by atoms with van der Waals surface area (Å²) in [7, 11) is 2.62. The van der Waals surface area contributed by atoms with Crippen molar-refractivity contribution in [2.24, 2.45) is 23.7 Å². The molecule has 4 aromatic rings. The molecule has 4 aliphatic rings. The highest BCUT2D eigenvalue weighted by atomic mass is 16.5. The number of aromatic nitrogens is 4. The highest BCUT2D eigenvalue weighted by molar-refractivity contribution is 5.87. The Morgan fingerprint density at radius 1 is 0.617 bits per heavy atom. The van der Waals surface area contributed by atoms with Crippen LogP contribution in [0.4, 0.5) is 9.59 Å². The molecule has 4 fully saturated rings. The Morgan fingerprint density at radius 2 is 1.03 bits per heavy atom. The average Bonchev–Trinajstić information content (AvgIpc) is 4.09. The fourth-order valence-electron chi connectivity index (χ4n) is 11.1. The van der Waals surface area contributed by atoms with Gasteiger partial charge < -0.3 is 39.9 Å². The van der Waals surface area contributed by atoms with E-state index in [0.29, 0.717) is 36.8 Å². The normalized spacial score (nSPS) is 25.4. The third-order valence-electron chi connectivity index (χ3n) is 14.1. The highest BCUT2D eigenvalue weighted by Gasteiger charge is 2.43. The lowest BCUT2D eigenvalue weighted by Crippen LogP contribution is -2.51. The molecule has 0 spiro atoms. The molecule has 2 saturated carbocycles. The molecule has 14 nitrogen and oxygen atoms in total. The summed E-state index contributed by atoms with van der Waals surface area (Å²) in [6.07, 6.45) is 9.35. The molecular weight excluding hydrogens is 761 g/mol. The second kappa shape index (κ2) is 17.5. The minimum atomic E-state index is -0.673. The number of ether oxygens (including phenoxy) is 2. The number of aromatic amines is 2. The molecule has 322 valence electrons. The molecule has 8 rings (SSSR count). The summed E-state index contributed by atoms with van der Waals surface area (Å²) >= 11 is 0. The van der Waals surface area contributed by atoms with Gasteiger partial charge in [0.05, 0.1) is 48.4 Å². The third-order valence-corrected chi connectivity index (χ3v) is 14.1. The molecule has 8 atom stereocenters. The number of nitrogens with one attached hydrogen (secondary N) is 4. The van der Waals surface area contributed by atoms with E-state index in [1.807, 2.05) is 37.5 Å². The fourth-order valence-corrected chi connectivity index (χ4v) is 11.1. The van der Waals surface area contributed by atoms with Crippen LogP contribution in [-0.4, -0.2) is 93.1 Å². The van der Waals surface area contributed by atoms with E-state index in [4.69, 9.17) is 19.4 Å². The van der Waals surface area contributed by atoms with E-state index in [0.717, 1.165) is 72.2 Å². The minimum absolute atomic E-state index is 0.0922. The maximum Gasteiger partial charge on any atom is 0.407 e. The Balaban J connectivity index is 0.984. The van der Waals surface area contributed by atoms with Gasteiger partial charge in [-0.05, 0) is 122 Å². The van der Waals surface area contributed by atoms with E-state index in [9.17, 15) is 19.2 Å². The molecule has 2 aromatic carbocycles. The number of alkyl carbamates (subject to hydrolysis) is 2. The van der Waals surface area contributed by atoms with E-state index in [1.165, 1.54) is 51.0 Å². The van der Waals surface area contributed by atoms with Gasteiger partial charge in [0.15, 0.2) is 0 Å². The lowest BCUT2D eigenvalue weighted by molar-refractivity contribution is -0.136. The summed E-state index contributed by atoms with van der Waals surface area (Å²) in [5.74, 6) is 3.25. The number of fused-ring (bicyclic) bond motifs is 2. The van der Waals surface area contributed by atoms with E-state index in [1.54, 1.807) is 0 Å². The number of carbonyl (C=O) groups excluding carboxylic acids is 4. The number of carbonyl (C=O) groups is 4. The van der Waals surface area contributed by atoms with Crippen LogP contribution in [0.25, 0.3) is 22.1 Å². The van der Waals surface area contributed by atoms with Crippen molar-refractivity contribution >= 4 is 46.1 Å². The van der Waals surface area contributed by atoms with Crippen molar-refractivity contribution in [3.8, 4) is 0 Å². The van der Waals surface area contributed by atoms with Crippen LogP contribution < -0.4 is 10.6 Å². The zero-order valence-corrected chi connectivity index (χ0v) is 36.0. The number of amides is 4. The maximum absolute atomic E-state index is 13.8. The largest absolute Gasteiger partial charge is 0.453 e. The molecule has 4 N–H and O–H groups in total. The van der Waals surface area contributed by atoms with Gasteiger partial charge in [0, 0.05) is 13.1 Å². The molecule has 2 aliphatic heterocycles. The monoisotopic (exact) mass is 822 g/mol. The fraction of sp³-hybridized carbons (Fsp3) is 0.609. The molecule has 0 bridgehead atoms. The van der Waals surface area contributed by atoms with Gasteiger partial charge in [-0.3, -0.25) is 9.59 Å². The van der Waals surface area contributed by atoms with Crippen LogP contribution in [0.3, 0.4) is 0 Å². The predicted molar refractivity (Wildman–Crippen MR) is 228 cm³/mol. The summed E-state index contributed by atoms with van der Waals surface area (Å²) in [5, 5.41) is 5.49. The minimum Gasteiger partial charge on any atom is -0.453 e. The summed E-state index contributed by atoms with van der Waals surface area (Å²) in [6.45, 7) is 8.96. The molecular formula is C46H62N8O6. The standard InChI is InChI=1S/C46H62N8O6/c1-25(2)39(51-45(57)59-5)43(55)53-21-9-15-37(53)41-47-33-19-17-27(23-35(33)49-41)29-11-7-13-31(29)32-14-8-12-30(32)28-18-20-34-36(24-28)50-42(48-34)38-16-10-22-54(38)44(56)40(26(3)4)52-46(58)60-6/h17-20,23-26,29-32,37-40H,7-16,21-22H2,1-6H3,(H,47,49)(H,48,50)(H,51,57)(H,52,58)/t29?,30?,31?,32?,37-,38-,39-,40-/m0/s1. The lowest BCUT2D eigenvalue weighted by atomic mass is 9.73. The molecule has 0 radical (unpaired) electrons. The van der Waals surface area contributed by atoms with Gasteiger partial charge in [-0.15, -0.1) is 0 Å². The van der Waals surface area contributed by atoms with Gasteiger partial charge in [0.2, 0.25) is 11.8 Å². The number of rotatable bonds is 11. The molecule has 2 aliphatic carbocycles. The van der Waals surface area contributed by atoms with Crippen LogP contribution in [0.5, 0.6) is 0 Å². The second-order valence-corrected chi connectivity index (χ2v) is 18.3. The van der Waals surface area contributed by atoms with Crippen molar-refractivity contribution in [1.82, 2.24) is 40.4 Å².